The standard InChI is InChI=1S/C13H22O2S/c14-13(12-7-3-4-8-12)10-16(15)9-11-5-1-2-6-11/h11-12H,1-10H2. The van der Waals surface area contributed by atoms with Gasteiger partial charge in [-0.05, 0) is 31.6 Å². The van der Waals surface area contributed by atoms with Gasteiger partial charge in [0.05, 0.1) is 5.75 Å². The second kappa shape index (κ2) is 5.95. The molecule has 0 saturated heterocycles. The molecule has 0 aromatic carbocycles. The molecule has 0 aromatic heterocycles. The van der Waals surface area contributed by atoms with Crippen LogP contribution in [0.4, 0.5) is 0 Å². The minimum Gasteiger partial charge on any atom is -0.298 e. The topological polar surface area (TPSA) is 34.1 Å². The van der Waals surface area contributed by atoms with Gasteiger partial charge in [0.1, 0.15) is 5.78 Å². The van der Waals surface area contributed by atoms with Crippen molar-refractivity contribution in [3.8, 4) is 0 Å². The lowest BCUT2D eigenvalue weighted by Crippen LogP contribution is -2.21. The van der Waals surface area contributed by atoms with E-state index in [-0.39, 0.29) is 11.7 Å². The van der Waals surface area contributed by atoms with E-state index in [4.69, 9.17) is 0 Å². The van der Waals surface area contributed by atoms with Gasteiger partial charge in [-0.15, -0.1) is 0 Å². The highest BCUT2D eigenvalue weighted by Crippen LogP contribution is 2.27. The summed E-state index contributed by atoms with van der Waals surface area (Å²) < 4.78 is 11.9. The molecule has 0 spiro atoms. The van der Waals surface area contributed by atoms with Crippen molar-refractivity contribution in [1.29, 1.82) is 0 Å². The van der Waals surface area contributed by atoms with Gasteiger partial charge in [-0.1, -0.05) is 25.7 Å². The van der Waals surface area contributed by atoms with Crippen LogP contribution in [0.5, 0.6) is 0 Å². The summed E-state index contributed by atoms with van der Waals surface area (Å²) in [5.41, 5.74) is 0. The van der Waals surface area contributed by atoms with Crippen molar-refractivity contribution >= 4 is 16.6 Å². The van der Waals surface area contributed by atoms with E-state index in [0.29, 0.717) is 11.7 Å². The largest absolute Gasteiger partial charge is 0.298 e. The van der Waals surface area contributed by atoms with Crippen LogP contribution in [0.1, 0.15) is 51.4 Å². The molecular weight excluding hydrogens is 220 g/mol. The van der Waals surface area contributed by atoms with E-state index >= 15 is 0 Å². The van der Waals surface area contributed by atoms with Crippen LogP contribution in [0, 0.1) is 11.8 Å². The van der Waals surface area contributed by atoms with Crippen molar-refractivity contribution in [1.82, 2.24) is 0 Å². The number of rotatable bonds is 5. The zero-order chi connectivity index (χ0) is 11.4. The normalized spacial score (nSPS) is 25.0. The molecule has 16 heavy (non-hydrogen) atoms. The molecule has 0 amide bonds. The van der Waals surface area contributed by atoms with Gasteiger partial charge < -0.3 is 0 Å². The summed E-state index contributed by atoms with van der Waals surface area (Å²) in [5, 5.41) is 0. The van der Waals surface area contributed by atoms with Crippen LogP contribution in [-0.2, 0) is 15.6 Å². The first-order chi connectivity index (χ1) is 7.75. The summed E-state index contributed by atoms with van der Waals surface area (Å²) in [6.07, 6.45) is 9.49. The Kier molecular flexibility index (Phi) is 4.56. The minimum atomic E-state index is -0.885. The Morgan fingerprint density at radius 1 is 1.00 bits per heavy atom. The highest BCUT2D eigenvalue weighted by Gasteiger charge is 2.25. The molecule has 0 radical (unpaired) electrons. The molecule has 0 aliphatic heterocycles. The Balaban J connectivity index is 1.71. The Bertz CT molecular complexity index is 263. The third-order valence-electron chi connectivity index (χ3n) is 4.01. The van der Waals surface area contributed by atoms with Crippen molar-refractivity contribution < 1.29 is 9.00 Å². The van der Waals surface area contributed by atoms with E-state index < -0.39 is 10.8 Å². The Labute approximate surface area is 101 Å². The number of hydrogen-bond donors (Lipinski definition) is 0. The fourth-order valence-corrected chi connectivity index (χ4v) is 4.55. The van der Waals surface area contributed by atoms with Gasteiger partial charge in [0.2, 0.25) is 0 Å². The van der Waals surface area contributed by atoms with Crippen molar-refractivity contribution in [2.24, 2.45) is 11.8 Å². The summed E-state index contributed by atoms with van der Waals surface area (Å²) in [5.74, 6) is 2.26. The van der Waals surface area contributed by atoms with Crippen molar-refractivity contribution in [2.45, 2.75) is 51.4 Å². The summed E-state index contributed by atoms with van der Waals surface area (Å²) >= 11 is 0. The summed E-state index contributed by atoms with van der Waals surface area (Å²) in [7, 11) is -0.885. The molecule has 2 aliphatic carbocycles. The third kappa shape index (κ3) is 3.41. The van der Waals surface area contributed by atoms with E-state index in [9.17, 15) is 9.00 Å². The van der Waals surface area contributed by atoms with E-state index in [2.05, 4.69) is 0 Å². The van der Waals surface area contributed by atoms with Gasteiger partial charge in [-0.25, -0.2) is 0 Å². The number of Topliss-reactive ketones (excluding diaryl/α,β-unsaturated/α-hetero) is 1. The number of ketones is 1. The second-order valence-electron chi connectivity index (χ2n) is 5.35. The summed E-state index contributed by atoms with van der Waals surface area (Å²) in [6.45, 7) is 0. The third-order valence-corrected chi connectivity index (χ3v) is 5.46. The zero-order valence-electron chi connectivity index (χ0n) is 9.95. The molecule has 2 nitrogen and oxygen atoms in total. The molecule has 0 bridgehead atoms. The van der Waals surface area contributed by atoms with Crippen LogP contribution in [0.25, 0.3) is 0 Å². The summed E-state index contributed by atoms with van der Waals surface area (Å²) in [4.78, 5) is 11.8. The van der Waals surface area contributed by atoms with Gasteiger partial charge in [-0.2, -0.15) is 0 Å². The molecular formula is C13H22O2S. The molecule has 0 aromatic rings. The quantitative estimate of drug-likeness (QED) is 0.743. The number of carbonyl (C=O) groups excluding carboxylic acids is 1. The molecule has 2 aliphatic rings. The van der Waals surface area contributed by atoms with Crippen molar-refractivity contribution in [2.75, 3.05) is 11.5 Å². The van der Waals surface area contributed by atoms with Gasteiger partial charge >= 0.3 is 0 Å². The predicted octanol–water partition coefficient (Wildman–Crippen LogP) is 2.68. The maximum atomic E-state index is 11.9. The maximum absolute atomic E-state index is 11.9. The monoisotopic (exact) mass is 242 g/mol. The first kappa shape index (κ1) is 12.3. The van der Waals surface area contributed by atoms with Crippen LogP contribution in [0.2, 0.25) is 0 Å². The predicted molar refractivity (Wildman–Crippen MR) is 66.8 cm³/mol. The van der Waals surface area contributed by atoms with Crippen molar-refractivity contribution in [3.05, 3.63) is 0 Å². The highest BCUT2D eigenvalue weighted by molar-refractivity contribution is 7.85. The molecule has 0 N–H and O–H groups in total. The average molecular weight is 242 g/mol. The van der Waals surface area contributed by atoms with Gasteiger partial charge in [-0.3, -0.25) is 9.00 Å². The van der Waals surface area contributed by atoms with E-state index in [1.165, 1.54) is 38.5 Å². The summed E-state index contributed by atoms with van der Waals surface area (Å²) in [6, 6.07) is 0. The van der Waals surface area contributed by atoms with Crippen LogP contribution >= 0.6 is 0 Å². The Morgan fingerprint density at radius 3 is 2.19 bits per heavy atom. The molecule has 1 unspecified atom stereocenters. The first-order valence-electron chi connectivity index (χ1n) is 6.63. The van der Waals surface area contributed by atoms with Crippen LogP contribution < -0.4 is 0 Å². The lowest BCUT2D eigenvalue weighted by molar-refractivity contribution is -0.120. The van der Waals surface area contributed by atoms with Crippen LogP contribution in [-0.4, -0.2) is 21.5 Å². The van der Waals surface area contributed by atoms with Gasteiger partial charge in [0.15, 0.2) is 0 Å². The Hall–Kier alpha value is -0.180. The fraction of sp³-hybridized carbons (Fsp3) is 0.923. The maximum Gasteiger partial charge on any atom is 0.148 e. The molecule has 92 valence electrons. The first-order valence-corrected chi connectivity index (χ1v) is 8.12. The smallest absolute Gasteiger partial charge is 0.148 e. The number of carbonyl (C=O) groups is 1. The van der Waals surface area contributed by atoms with E-state index in [0.717, 1.165) is 18.6 Å². The van der Waals surface area contributed by atoms with Gasteiger partial charge in [0, 0.05) is 22.5 Å². The minimum absolute atomic E-state index is 0.243. The zero-order valence-corrected chi connectivity index (χ0v) is 10.8. The highest BCUT2D eigenvalue weighted by atomic mass is 32.2. The molecule has 2 saturated carbocycles. The van der Waals surface area contributed by atoms with Crippen LogP contribution in [0.3, 0.4) is 0 Å². The second-order valence-corrected chi connectivity index (χ2v) is 6.85. The Morgan fingerprint density at radius 2 is 1.56 bits per heavy atom. The molecule has 1 atom stereocenters. The van der Waals surface area contributed by atoms with E-state index in [1.807, 2.05) is 0 Å². The molecule has 2 rings (SSSR count). The van der Waals surface area contributed by atoms with E-state index in [1.54, 1.807) is 0 Å². The number of hydrogen-bond acceptors (Lipinski definition) is 2. The van der Waals surface area contributed by atoms with Crippen molar-refractivity contribution in [3.63, 3.8) is 0 Å². The molecule has 3 heteroatoms. The van der Waals surface area contributed by atoms with Gasteiger partial charge in [0.25, 0.3) is 0 Å². The SMILES string of the molecule is O=C(CS(=O)CC1CCCC1)C1CCCC1. The molecule has 2 fully saturated rings. The molecule has 0 heterocycles. The lowest BCUT2D eigenvalue weighted by atomic mass is 10.0. The fourth-order valence-electron chi connectivity index (χ4n) is 3.02. The average Bonchev–Trinajstić information content (AvgIpc) is 2.88. The van der Waals surface area contributed by atoms with Crippen LogP contribution in [0.15, 0.2) is 0 Å². The lowest BCUT2D eigenvalue weighted by Gasteiger charge is -2.10.